The maximum atomic E-state index is 12.2. The summed E-state index contributed by atoms with van der Waals surface area (Å²) in [5.41, 5.74) is 11.9. The minimum atomic E-state index is -0.353. The van der Waals surface area contributed by atoms with E-state index in [0.29, 0.717) is 13.0 Å². The van der Waals surface area contributed by atoms with E-state index in [1.165, 1.54) is 10.6 Å². The van der Waals surface area contributed by atoms with Crippen molar-refractivity contribution in [2.45, 2.75) is 32.9 Å². The van der Waals surface area contributed by atoms with E-state index in [-0.39, 0.29) is 34.7 Å². The summed E-state index contributed by atoms with van der Waals surface area (Å²) in [6.07, 6.45) is 1.26. The Bertz CT molecular complexity index is 583. The minimum Gasteiger partial charge on any atom is -0.398 e. The molecular formula is C16H32N6O2. The van der Waals surface area contributed by atoms with Gasteiger partial charge in [0.2, 0.25) is 0 Å². The number of nitrogens with two attached hydrogens (primary N) is 2. The number of anilines is 2. The number of amides is 1. The Balaban J connectivity index is 0.00000163. The first kappa shape index (κ1) is 21.9. The molecule has 1 aromatic rings. The molecule has 24 heavy (non-hydrogen) atoms. The van der Waals surface area contributed by atoms with Crippen molar-refractivity contribution >= 4 is 17.4 Å². The van der Waals surface area contributed by atoms with E-state index in [2.05, 4.69) is 10.6 Å². The molecule has 138 valence electrons. The van der Waals surface area contributed by atoms with Crippen LogP contribution in [-0.4, -0.2) is 50.1 Å². The molecule has 1 heterocycles. The fourth-order valence-electron chi connectivity index (χ4n) is 2.32. The first-order chi connectivity index (χ1) is 11.3. The molecule has 8 nitrogen and oxygen atoms in total. The predicted molar refractivity (Wildman–Crippen MR) is 100 cm³/mol. The van der Waals surface area contributed by atoms with Crippen molar-refractivity contribution in [2.75, 3.05) is 46.2 Å². The van der Waals surface area contributed by atoms with Crippen LogP contribution in [0.3, 0.4) is 0 Å². The van der Waals surface area contributed by atoms with Gasteiger partial charge in [0.05, 0.1) is 11.9 Å². The Morgan fingerprint density at radius 1 is 1.29 bits per heavy atom. The van der Waals surface area contributed by atoms with Gasteiger partial charge in [0, 0.05) is 12.6 Å². The smallest absolute Gasteiger partial charge is 0.257 e. The largest absolute Gasteiger partial charge is 0.398 e. The van der Waals surface area contributed by atoms with Crippen molar-refractivity contribution < 1.29 is 4.79 Å². The summed E-state index contributed by atoms with van der Waals surface area (Å²) < 4.78 is 1.41. The highest BCUT2D eigenvalue weighted by Crippen LogP contribution is 2.22. The monoisotopic (exact) mass is 340 g/mol. The Morgan fingerprint density at radius 2 is 1.83 bits per heavy atom. The third-order valence-corrected chi connectivity index (χ3v) is 3.34. The molecule has 1 rings (SSSR count). The summed E-state index contributed by atoms with van der Waals surface area (Å²) in [6, 6.07) is 1.25. The molecule has 1 unspecified atom stereocenters. The number of hydrogen-bond acceptors (Lipinski definition) is 6. The van der Waals surface area contributed by atoms with E-state index in [1.54, 1.807) is 0 Å². The Morgan fingerprint density at radius 3 is 2.25 bits per heavy atom. The van der Waals surface area contributed by atoms with Crippen LogP contribution in [-0.2, 0) is 0 Å². The van der Waals surface area contributed by atoms with Gasteiger partial charge < -0.3 is 22.1 Å². The molecule has 0 aliphatic carbocycles. The predicted octanol–water partition coefficient (Wildman–Crippen LogP) is 0.458. The van der Waals surface area contributed by atoms with Gasteiger partial charge in [-0.05, 0) is 41.0 Å². The van der Waals surface area contributed by atoms with Crippen molar-refractivity contribution in [1.29, 1.82) is 0 Å². The molecule has 0 saturated carbocycles. The Labute approximate surface area is 144 Å². The van der Waals surface area contributed by atoms with Crippen LogP contribution in [0.25, 0.3) is 0 Å². The number of nitrogens with zero attached hydrogens (tertiary/aromatic N) is 2. The fraction of sp³-hybridized carbons (Fsp3) is 0.625. The normalized spacial score (nSPS) is 11.6. The summed E-state index contributed by atoms with van der Waals surface area (Å²) in [7, 11) is 7.46. The SMILES string of the molecule is CCCNC(=O)c1c(N)cc(=O)n(C(CC)N(C)C)c1N.CNC. The second-order valence-corrected chi connectivity index (χ2v) is 5.68. The highest BCUT2D eigenvalue weighted by molar-refractivity contribution is 6.03. The molecule has 0 aromatic carbocycles. The molecule has 1 aromatic heterocycles. The number of carbonyl (C=O) groups excluding carboxylic acids is 1. The van der Waals surface area contributed by atoms with Crippen molar-refractivity contribution in [3.8, 4) is 0 Å². The van der Waals surface area contributed by atoms with E-state index in [0.717, 1.165) is 6.42 Å². The molecular weight excluding hydrogens is 308 g/mol. The number of carbonyl (C=O) groups is 1. The van der Waals surface area contributed by atoms with Gasteiger partial charge >= 0.3 is 0 Å². The molecule has 0 bridgehead atoms. The van der Waals surface area contributed by atoms with Crippen LogP contribution in [0.2, 0.25) is 0 Å². The van der Waals surface area contributed by atoms with Crippen LogP contribution >= 0.6 is 0 Å². The standard InChI is InChI=1S/C14H25N5O2.C2H7N/c1-5-7-17-14(21)12-9(15)8-11(20)19(13(12)16)10(6-2)18(3)4;1-3-2/h8,10H,5-7,15-16H2,1-4H3,(H,17,21);3H,1-2H3. The molecule has 0 radical (unpaired) electrons. The van der Waals surface area contributed by atoms with Gasteiger partial charge in [0.1, 0.15) is 11.4 Å². The van der Waals surface area contributed by atoms with E-state index in [1.807, 2.05) is 46.9 Å². The number of aromatic nitrogens is 1. The highest BCUT2D eigenvalue weighted by Gasteiger charge is 2.22. The number of pyridine rings is 1. The zero-order valence-electron chi connectivity index (χ0n) is 15.6. The maximum absolute atomic E-state index is 12.2. The molecule has 0 fully saturated rings. The summed E-state index contributed by atoms with van der Waals surface area (Å²) in [6.45, 7) is 4.43. The minimum absolute atomic E-state index is 0.106. The van der Waals surface area contributed by atoms with Crippen LogP contribution in [0.4, 0.5) is 11.5 Å². The van der Waals surface area contributed by atoms with Crippen LogP contribution in [0.1, 0.15) is 43.2 Å². The lowest BCUT2D eigenvalue weighted by Gasteiger charge is -2.27. The Hall–Kier alpha value is -2.06. The molecule has 0 spiro atoms. The number of hydrogen-bond donors (Lipinski definition) is 4. The lowest BCUT2D eigenvalue weighted by molar-refractivity contribution is 0.0954. The first-order valence-corrected chi connectivity index (χ1v) is 8.10. The van der Waals surface area contributed by atoms with E-state index in [4.69, 9.17) is 11.5 Å². The molecule has 1 atom stereocenters. The quantitative estimate of drug-likeness (QED) is 0.597. The third kappa shape index (κ3) is 5.54. The summed E-state index contributed by atoms with van der Waals surface area (Å²) in [5, 5.41) is 5.49. The second-order valence-electron chi connectivity index (χ2n) is 5.68. The van der Waals surface area contributed by atoms with Crippen LogP contribution in [0.5, 0.6) is 0 Å². The zero-order chi connectivity index (χ0) is 18.9. The molecule has 0 saturated heterocycles. The van der Waals surface area contributed by atoms with Gasteiger partial charge in [-0.3, -0.25) is 19.1 Å². The molecule has 1 amide bonds. The lowest BCUT2D eigenvalue weighted by atomic mass is 10.1. The maximum Gasteiger partial charge on any atom is 0.257 e. The summed E-state index contributed by atoms with van der Waals surface area (Å²) >= 11 is 0. The molecule has 6 N–H and O–H groups in total. The second kappa shape index (κ2) is 10.7. The van der Waals surface area contributed by atoms with Gasteiger partial charge in [-0.2, -0.15) is 0 Å². The molecule has 8 heteroatoms. The highest BCUT2D eigenvalue weighted by atomic mass is 16.2. The summed E-state index contributed by atoms with van der Waals surface area (Å²) in [5.74, 6) is -0.247. The average molecular weight is 340 g/mol. The number of nitrogens with one attached hydrogen (secondary N) is 2. The van der Waals surface area contributed by atoms with E-state index < -0.39 is 0 Å². The number of nitrogen functional groups attached to an aromatic ring is 2. The molecule has 0 aliphatic rings. The van der Waals surface area contributed by atoms with Crippen LogP contribution in [0.15, 0.2) is 10.9 Å². The van der Waals surface area contributed by atoms with Gasteiger partial charge in [-0.25, -0.2) is 0 Å². The van der Waals surface area contributed by atoms with Crippen LogP contribution < -0.4 is 27.7 Å². The van der Waals surface area contributed by atoms with Crippen LogP contribution in [0, 0.1) is 0 Å². The van der Waals surface area contributed by atoms with E-state index >= 15 is 0 Å². The number of rotatable bonds is 6. The summed E-state index contributed by atoms with van der Waals surface area (Å²) in [4.78, 5) is 26.3. The lowest BCUT2D eigenvalue weighted by Crippen LogP contribution is -2.37. The van der Waals surface area contributed by atoms with Gasteiger partial charge in [-0.15, -0.1) is 0 Å². The Kier molecular flexibility index (Phi) is 9.75. The first-order valence-electron chi connectivity index (χ1n) is 8.10. The average Bonchev–Trinajstić information content (AvgIpc) is 2.49. The van der Waals surface area contributed by atoms with Crippen molar-refractivity contribution in [3.63, 3.8) is 0 Å². The molecule has 0 aliphatic heterocycles. The van der Waals surface area contributed by atoms with Crippen molar-refractivity contribution in [3.05, 3.63) is 22.0 Å². The van der Waals surface area contributed by atoms with Gasteiger partial charge in [0.15, 0.2) is 0 Å². The zero-order valence-corrected chi connectivity index (χ0v) is 15.6. The fourth-order valence-corrected chi connectivity index (χ4v) is 2.32. The topological polar surface area (TPSA) is 118 Å². The third-order valence-electron chi connectivity index (χ3n) is 3.34. The van der Waals surface area contributed by atoms with Gasteiger partial charge in [-0.1, -0.05) is 13.8 Å². The van der Waals surface area contributed by atoms with E-state index in [9.17, 15) is 9.59 Å². The van der Waals surface area contributed by atoms with Crippen molar-refractivity contribution in [1.82, 2.24) is 20.1 Å². The van der Waals surface area contributed by atoms with Gasteiger partial charge in [0.25, 0.3) is 11.5 Å². The van der Waals surface area contributed by atoms with Crippen molar-refractivity contribution in [2.24, 2.45) is 0 Å².